The van der Waals surface area contributed by atoms with Gasteiger partial charge in [-0.15, -0.1) is 0 Å². The number of nitrogens with zero attached hydrogens (tertiary/aromatic N) is 1. The Morgan fingerprint density at radius 3 is 2.39 bits per heavy atom. The standard InChI is InChI=1S/C21H22F2N2O3/c1-20(2,3)28-19(26)24-14-10-15(23)17-16(11-14)27-21(4,5)25-18(17)12-6-8-13(22)9-7-12/h6-11H,1-5H3,(H,24,26). The number of aliphatic imine (C=N–C) groups is 1. The first-order valence-corrected chi connectivity index (χ1v) is 8.82. The molecule has 148 valence electrons. The molecular weight excluding hydrogens is 366 g/mol. The van der Waals surface area contributed by atoms with Crippen LogP contribution in [0.15, 0.2) is 41.4 Å². The summed E-state index contributed by atoms with van der Waals surface area (Å²) in [5.74, 6) is -0.791. The van der Waals surface area contributed by atoms with Gasteiger partial charge in [0.25, 0.3) is 0 Å². The third-order valence-electron chi connectivity index (χ3n) is 3.79. The van der Waals surface area contributed by atoms with Gasteiger partial charge in [-0.3, -0.25) is 5.32 Å². The van der Waals surface area contributed by atoms with Gasteiger partial charge in [-0.2, -0.15) is 0 Å². The number of carbonyl (C=O) groups is 1. The van der Waals surface area contributed by atoms with Gasteiger partial charge in [-0.05, 0) is 65.0 Å². The Balaban J connectivity index is 2.01. The number of anilines is 1. The van der Waals surface area contributed by atoms with E-state index in [1.165, 1.54) is 36.4 Å². The molecule has 0 unspecified atom stereocenters. The zero-order chi connectivity index (χ0) is 20.7. The predicted octanol–water partition coefficient (Wildman–Crippen LogP) is 5.28. The number of amides is 1. The summed E-state index contributed by atoms with van der Waals surface area (Å²) in [5, 5.41) is 2.51. The van der Waals surface area contributed by atoms with Gasteiger partial charge in [-0.25, -0.2) is 18.6 Å². The molecule has 0 atom stereocenters. The van der Waals surface area contributed by atoms with Crippen LogP contribution in [-0.2, 0) is 4.74 Å². The van der Waals surface area contributed by atoms with Crippen molar-refractivity contribution >= 4 is 17.5 Å². The van der Waals surface area contributed by atoms with Gasteiger partial charge < -0.3 is 9.47 Å². The number of rotatable bonds is 2. The molecule has 0 spiro atoms. The molecule has 0 bridgehead atoms. The fraction of sp³-hybridized carbons (Fsp3) is 0.333. The molecule has 28 heavy (non-hydrogen) atoms. The molecule has 1 aliphatic heterocycles. The molecule has 1 N–H and O–H groups in total. The predicted molar refractivity (Wildman–Crippen MR) is 103 cm³/mol. The first-order chi connectivity index (χ1) is 12.9. The Kier molecular flexibility index (Phi) is 4.87. The van der Waals surface area contributed by atoms with Gasteiger partial charge in [0, 0.05) is 11.6 Å². The number of halogens is 2. The summed E-state index contributed by atoms with van der Waals surface area (Å²) in [5.41, 5.74) is -0.383. The highest BCUT2D eigenvalue weighted by atomic mass is 19.1. The van der Waals surface area contributed by atoms with Crippen LogP contribution in [0.2, 0.25) is 0 Å². The van der Waals surface area contributed by atoms with E-state index in [2.05, 4.69) is 10.3 Å². The van der Waals surface area contributed by atoms with Crippen LogP contribution < -0.4 is 10.1 Å². The minimum absolute atomic E-state index is 0.153. The second-order valence-electron chi connectivity index (χ2n) is 7.97. The maximum absolute atomic E-state index is 15.0. The summed E-state index contributed by atoms with van der Waals surface area (Å²) < 4.78 is 39.2. The van der Waals surface area contributed by atoms with Crippen LogP contribution in [0.1, 0.15) is 45.7 Å². The molecule has 0 fully saturated rings. The maximum atomic E-state index is 15.0. The van der Waals surface area contributed by atoms with E-state index in [0.29, 0.717) is 11.3 Å². The number of ether oxygens (including phenoxy) is 2. The summed E-state index contributed by atoms with van der Waals surface area (Å²) >= 11 is 0. The number of hydrogen-bond donors (Lipinski definition) is 1. The van der Waals surface area contributed by atoms with E-state index in [-0.39, 0.29) is 17.0 Å². The number of nitrogens with one attached hydrogen (secondary N) is 1. The highest BCUT2D eigenvalue weighted by Crippen LogP contribution is 2.36. The highest BCUT2D eigenvalue weighted by Gasteiger charge is 2.32. The van der Waals surface area contributed by atoms with Crippen LogP contribution in [0.25, 0.3) is 0 Å². The fourth-order valence-corrected chi connectivity index (χ4v) is 2.82. The van der Waals surface area contributed by atoms with Crippen molar-refractivity contribution < 1.29 is 23.0 Å². The van der Waals surface area contributed by atoms with Gasteiger partial charge >= 0.3 is 6.09 Å². The zero-order valence-corrected chi connectivity index (χ0v) is 16.4. The highest BCUT2D eigenvalue weighted by molar-refractivity contribution is 6.15. The lowest BCUT2D eigenvalue weighted by atomic mass is 9.98. The molecule has 0 radical (unpaired) electrons. The van der Waals surface area contributed by atoms with Crippen molar-refractivity contribution in [3.63, 3.8) is 0 Å². The van der Waals surface area contributed by atoms with Crippen LogP contribution >= 0.6 is 0 Å². The molecule has 1 aliphatic rings. The lowest BCUT2D eigenvalue weighted by Gasteiger charge is -2.31. The van der Waals surface area contributed by atoms with Crippen molar-refractivity contribution in [2.24, 2.45) is 4.99 Å². The average Bonchev–Trinajstić information content (AvgIpc) is 2.51. The van der Waals surface area contributed by atoms with Crippen molar-refractivity contribution in [2.75, 3.05) is 5.32 Å². The Hall–Kier alpha value is -2.96. The molecule has 0 saturated carbocycles. The molecule has 5 nitrogen and oxygen atoms in total. The topological polar surface area (TPSA) is 59.9 Å². The molecule has 2 aromatic carbocycles. The van der Waals surface area contributed by atoms with Crippen molar-refractivity contribution in [1.82, 2.24) is 0 Å². The quantitative estimate of drug-likeness (QED) is 0.762. The Labute approximate surface area is 162 Å². The normalized spacial score (nSPS) is 15.2. The SMILES string of the molecule is CC(C)(C)OC(=O)Nc1cc(F)c2c(c1)OC(C)(C)N=C2c1ccc(F)cc1. The van der Waals surface area contributed by atoms with Crippen LogP contribution in [0.5, 0.6) is 5.75 Å². The Bertz CT molecular complexity index is 945. The van der Waals surface area contributed by atoms with Crippen molar-refractivity contribution in [3.05, 3.63) is 59.2 Å². The lowest BCUT2D eigenvalue weighted by Crippen LogP contribution is -2.33. The zero-order valence-electron chi connectivity index (χ0n) is 16.4. The van der Waals surface area contributed by atoms with Crippen LogP contribution in [0, 0.1) is 11.6 Å². The largest absolute Gasteiger partial charge is 0.466 e. The summed E-state index contributed by atoms with van der Waals surface area (Å²) in [6.07, 6.45) is -0.700. The minimum Gasteiger partial charge on any atom is -0.466 e. The number of hydrogen-bond acceptors (Lipinski definition) is 4. The third kappa shape index (κ3) is 4.47. The summed E-state index contributed by atoms with van der Waals surface area (Å²) in [6, 6.07) is 8.33. The molecule has 0 saturated heterocycles. The van der Waals surface area contributed by atoms with Crippen molar-refractivity contribution in [2.45, 2.75) is 45.9 Å². The van der Waals surface area contributed by atoms with E-state index < -0.39 is 29.1 Å². The minimum atomic E-state index is -0.965. The molecule has 7 heteroatoms. The number of benzene rings is 2. The van der Waals surface area contributed by atoms with E-state index in [1.807, 2.05) is 0 Å². The summed E-state index contributed by atoms with van der Waals surface area (Å²) in [6.45, 7) is 8.65. The van der Waals surface area contributed by atoms with Crippen molar-refractivity contribution in [3.8, 4) is 5.75 Å². The van der Waals surface area contributed by atoms with E-state index in [9.17, 15) is 13.6 Å². The summed E-state index contributed by atoms with van der Waals surface area (Å²) in [7, 11) is 0. The molecule has 0 aromatic heterocycles. The molecule has 2 aromatic rings. The van der Waals surface area contributed by atoms with Gasteiger partial charge in [0.2, 0.25) is 0 Å². The lowest BCUT2D eigenvalue weighted by molar-refractivity contribution is 0.0636. The second-order valence-corrected chi connectivity index (χ2v) is 7.97. The molecule has 1 heterocycles. The van der Waals surface area contributed by atoms with Crippen LogP contribution in [0.4, 0.5) is 19.3 Å². The van der Waals surface area contributed by atoms with Gasteiger partial charge in [-0.1, -0.05) is 0 Å². The second kappa shape index (κ2) is 6.89. The first kappa shape index (κ1) is 19.8. The molecule has 3 rings (SSSR count). The smallest absolute Gasteiger partial charge is 0.412 e. The van der Waals surface area contributed by atoms with E-state index in [4.69, 9.17) is 9.47 Å². The van der Waals surface area contributed by atoms with Gasteiger partial charge in [0.05, 0.1) is 17.0 Å². The maximum Gasteiger partial charge on any atom is 0.412 e. The number of fused-ring (bicyclic) bond motifs is 1. The van der Waals surface area contributed by atoms with Crippen molar-refractivity contribution in [1.29, 1.82) is 0 Å². The van der Waals surface area contributed by atoms with Crippen LogP contribution in [0.3, 0.4) is 0 Å². The Morgan fingerprint density at radius 1 is 1.14 bits per heavy atom. The molecule has 0 aliphatic carbocycles. The average molecular weight is 388 g/mol. The first-order valence-electron chi connectivity index (χ1n) is 8.82. The molecule has 1 amide bonds. The van der Waals surface area contributed by atoms with Crippen LogP contribution in [-0.4, -0.2) is 23.1 Å². The van der Waals surface area contributed by atoms with E-state index in [0.717, 1.165) is 0 Å². The Morgan fingerprint density at radius 2 is 1.79 bits per heavy atom. The monoisotopic (exact) mass is 388 g/mol. The molecular formula is C21H22F2N2O3. The van der Waals surface area contributed by atoms with E-state index in [1.54, 1.807) is 34.6 Å². The third-order valence-corrected chi connectivity index (χ3v) is 3.79. The van der Waals surface area contributed by atoms with Gasteiger partial charge in [0.15, 0.2) is 5.72 Å². The van der Waals surface area contributed by atoms with E-state index >= 15 is 0 Å². The number of carbonyl (C=O) groups excluding carboxylic acids is 1. The van der Waals surface area contributed by atoms with Gasteiger partial charge in [0.1, 0.15) is 23.0 Å². The summed E-state index contributed by atoms with van der Waals surface area (Å²) in [4.78, 5) is 16.5. The fourth-order valence-electron chi connectivity index (χ4n) is 2.82.